The molecule has 2 aliphatic carbocycles. The molecule has 0 spiro atoms. The number of aliphatic hydroxyl groups excluding tert-OH is 1. The van der Waals surface area contributed by atoms with Crippen molar-refractivity contribution in [1.82, 2.24) is 0 Å². The van der Waals surface area contributed by atoms with E-state index in [2.05, 4.69) is 20.1 Å². The first-order valence-electron chi connectivity index (χ1n) is 7.66. The fraction of sp³-hybridized carbons (Fsp3) is 0.647. The molecule has 2 saturated carbocycles. The van der Waals surface area contributed by atoms with Crippen molar-refractivity contribution < 1.29 is 24.2 Å². The number of ether oxygens (including phenoxy) is 2. The minimum Gasteiger partial charge on any atom is -0.458 e. The number of rotatable bonds is 1. The second-order valence-corrected chi connectivity index (χ2v) is 7.10. The number of esters is 2. The molecule has 0 unspecified atom stereocenters. The Bertz CT molecular complexity index is 565. The highest BCUT2D eigenvalue weighted by molar-refractivity contribution is 5.90. The summed E-state index contributed by atoms with van der Waals surface area (Å²) in [7, 11) is 0. The fourth-order valence-electron chi connectivity index (χ4n) is 4.48. The molecule has 1 heterocycles. The van der Waals surface area contributed by atoms with Gasteiger partial charge in [0.05, 0.1) is 6.10 Å². The Morgan fingerprint density at radius 1 is 1.41 bits per heavy atom. The van der Waals surface area contributed by atoms with Crippen molar-refractivity contribution in [3.05, 3.63) is 24.3 Å². The zero-order valence-electron chi connectivity index (χ0n) is 13.0. The standard InChI is InChI=1S/C17H22O5/c1-8-11-5-12-9(2)15(21-10(3)18)13(19)6-17(12,4)7-14(11)22-16(8)20/h11-15,19H,1-2,5-7H2,3-4H3/t11-,12+,13-,14-,15-,17-/m1/s1. The maximum absolute atomic E-state index is 11.7. The quantitative estimate of drug-likeness (QED) is 0.454. The highest BCUT2D eigenvalue weighted by atomic mass is 16.6. The molecule has 120 valence electrons. The van der Waals surface area contributed by atoms with E-state index >= 15 is 0 Å². The van der Waals surface area contributed by atoms with Crippen LogP contribution in [0.25, 0.3) is 0 Å². The third-order valence-corrected chi connectivity index (χ3v) is 5.55. The van der Waals surface area contributed by atoms with Crippen LogP contribution < -0.4 is 0 Å². The van der Waals surface area contributed by atoms with Gasteiger partial charge in [-0.1, -0.05) is 20.1 Å². The lowest BCUT2D eigenvalue weighted by molar-refractivity contribution is -0.159. The molecule has 0 radical (unpaired) electrons. The Labute approximate surface area is 130 Å². The number of hydrogen-bond donors (Lipinski definition) is 1. The summed E-state index contributed by atoms with van der Waals surface area (Å²) in [4.78, 5) is 23.0. The first kappa shape index (κ1) is 15.3. The van der Waals surface area contributed by atoms with Crippen LogP contribution in [0.5, 0.6) is 0 Å². The van der Waals surface area contributed by atoms with E-state index in [1.807, 2.05) is 0 Å². The van der Waals surface area contributed by atoms with Gasteiger partial charge in [-0.3, -0.25) is 4.79 Å². The smallest absolute Gasteiger partial charge is 0.334 e. The monoisotopic (exact) mass is 306 g/mol. The second-order valence-electron chi connectivity index (χ2n) is 7.10. The van der Waals surface area contributed by atoms with E-state index in [9.17, 15) is 14.7 Å². The topological polar surface area (TPSA) is 72.8 Å². The molecule has 0 aromatic carbocycles. The van der Waals surface area contributed by atoms with Crippen LogP contribution in [0.2, 0.25) is 0 Å². The largest absolute Gasteiger partial charge is 0.458 e. The van der Waals surface area contributed by atoms with Crippen molar-refractivity contribution in [1.29, 1.82) is 0 Å². The van der Waals surface area contributed by atoms with E-state index < -0.39 is 18.2 Å². The normalized spacial score (nSPS) is 44.1. The van der Waals surface area contributed by atoms with Gasteiger partial charge < -0.3 is 14.6 Å². The van der Waals surface area contributed by atoms with Crippen LogP contribution >= 0.6 is 0 Å². The van der Waals surface area contributed by atoms with E-state index in [1.165, 1.54) is 6.92 Å². The fourth-order valence-corrected chi connectivity index (χ4v) is 4.48. The number of fused-ring (bicyclic) bond motifs is 2. The predicted molar refractivity (Wildman–Crippen MR) is 78.7 cm³/mol. The molecule has 1 saturated heterocycles. The Hall–Kier alpha value is -1.62. The van der Waals surface area contributed by atoms with Gasteiger partial charge in [-0.25, -0.2) is 4.79 Å². The zero-order valence-corrected chi connectivity index (χ0v) is 13.0. The summed E-state index contributed by atoms with van der Waals surface area (Å²) in [5.74, 6) is -0.672. The third kappa shape index (κ3) is 2.19. The minimum atomic E-state index is -0.769. The average molecular weight is 306 g/mol. The molecule has 5 nitrogen and oxygen atoms in total. The number of hydrogen-bond acceptors (Lipinski definition) is 5. The van der Waals surface area contributed by atoms with Crippen LogP contribution in [0.3, 0.4) is 0 Å². The molecule has 0 aromatic heterocycles. The molecule has 6 atom stereocenters. The van der Waals surface area contributed by atoms with Crippen LogP contribution in [0, 0.1) is 17.3 Å². The van der Waals surface area contributed by atoms with E-state index in [-0.39, 0.29) is 29.3 Å². The maximum atomic E-state index is 11.7. The van der Waals surface area contributed by atoms with Gasteiger partial charge in [-0.15, -0.1) is 0 Å². The highest BCUT2D eigenvalue weighted by Crippen LogP contribution is 2.57. The predicted octanol–water partition coefficient (Wildman–Crippen LogP) is 1.75. The van der Waals surface area contributed by atoms with Crippen molar-refractivity contribution >= 4 is 11.9 Å². The summed E-state index contributed by atoms with van der Waals surface area (Å²) in [5, 5.41) is 10.4. The summed E-state index contributed by atoms with van der Waals surface area (Å²) >= 11 is 0. The Balaban J connectivity index is 1.88. The molecule has 22 heavy (non-hydrogen) atoms. The lowest BCUT2D eigenvalue weighted by atomic mass is 9.54. The van der Waals surface area contributed by atoms with Gasteiger partial charge in [-0.2, -0.15) is 0 Å². The van der Waals surface area contributed by atoms with Crippen molar-refractivity contribution in [2.24, 2.45) is 17.3 Å². The zero-order chi connectivity index (χ0) is 16.2. The van der Waals surface area contributed by atoms with Gasteiger partial charge in [0.2, 0.25) is 0 Å². The number of carbonyl (C=O) groups excluding carboxylic acids is 2. The van der Waals surface area contributed by atoms with Gasteiger partial charge in [0.15, 0.2) is 0 Å². The minimum absolute atomic E-state index is 0.00412. The van der Waals surface area contributed by atoms with Crippen molar-refractivity contribution in [3.63, 3.8) is 0 Å². The van der Waals surface area contributed by atoms with Crippen molar-refractivity contribution in [3.8, 4) is 0 Å². The molecule has 1 N–H and O–H groups in total. The van der Waals surface area contributed by atoms with Crippen LogP contribution in [-0.4, -0.2) is 35.4 Å². The summed E-state index contributed by atoms with van der Waals surface area (Å²) in [5.41, 5.74) is 1.05. The molecule has 3 aliphatic rings. The molecule has 5 heteroatoms. The first-order valence-corrected chi connectivity index (χ1v) is 7.66. The highest BCUT2D eigenvalue weighted by Gasteiger charge is 2.56. The summed E-state index contributed by atoms with van der Waals surface area (Å²) in [6.07, 6.45) is 0.284. The molecule has 3 fully saturated rings. The van der Waals surface area contributed by atoms with Gasteiger partial charge in [-0.05, 0) is 36.2 Å². The second kappa shape index (κ2) is 4.95. The van der Waals surface area contributed by atoms with E-state index in [4.69, 9.17) is 9.47 Å². The molecule has 1 aliphatic heterocycles. The molecule has 3 rings (SSSR count). The molecule has 0 aromatic rings. The van der Waals surface area contributed by atoms with Gasteiger partial charge in [0, 0.05) is 18.4 Å². The maximum Gasteiger partial charge on any atom is 0.334 e. The first-order chi connectivity index (χ1) is 10.2. The summed E-state index contributed by atoms with van der Waals surface area (Å²) < 4.78 is 10.7. The SMILES string of the molecule is C=C1C(=O)O[C@@H]2C[C@@]3(C)C[C@@H](O)[C@H](OC(C)=O)C(=C)[C@@H]3C[C@H]12. The average Bonchev–Trinajstić information content (AvgIpc) is 2.67. The third-order valence-electron chi connectivity index (χ3n) is 5.55. The lowest BCUT2D eigenvalue weighted by Gasteiger charge is -2.52. The van der Waals surface area contributed by atoms with Crippen LogP contribution in [0.4, 0.5) is 0 Å². The van der Waals surface area contributed by atoms with Crippen molar-refractivity contribution in [2.75, 3.05) is 0 Å². The Morgan fingerprint density at radius 2 is 2.09 bits per heavy atom. The van der Waals surface area contributed by atoms with Gasteiger partial charge in [0.25, 0.3) is 0 Å². The van der Waals surface area contributed by atoms with Gasteiger partial charge >= 0.3 is 11.9 Å². The van der Waals surface area contributed by atoms with Gasteiger partial charge in [0.1, 0.15) is 12.2 Å². The van der Waals surface area contributed by atoms with E-state index in [0.29, 0.717) is 24.8 Å². The summed E-state index contributed by atoms with van der Waals surface area (Å²) in [6.45, 7) is 11.4. The van der Waals surface area contributed by atoms with E-state index in [1.54, 1.807) is 0 Å². The lowest BCUT2D eigenvalue weighted by Crippen LogP contribution is -2.52. The molecule has 0 amide bonds. The number of aliphatic hydroxyl groups is 1. The van der Waals surface area contributed by atoms with Crippen LogP contribution in [0.15, 0.2) is 24.3 Å². The molecular formula is C17H22O5. The molecule has 0 bridgehead atoms. The van der Waals surface area contributed by atoms with Crippen LogP contribution in [0.1, 0.15) is 33.1 Å². The van der Waals surface area contributed by atoms with E-state index in [0.717, 1.165) is 5.57 Å². The Morgan fingerprint density at radius 3 is 2.73 bits per heavy atom. The Kier molecular flexibility index (Phi) is 3.44. The summed E-state index contributed by atoms with van der Waals surface area (Å²) in [6, 6.07) is 0. The number of carbonyl (C=O) groups is 2. The van der Waals surface area contributed by atoms with Crippen molar-refractivity contribution in [2.45, 2.75) is 51.4 Å². The van der Waals surface area contributed by atoms with Crippen LogP contribution in [-0.2, 0) is 19.1 Å². The molecular weight excluding hydrogens is 284 g/mol.